The van der Waals surface area contributed by atoms with Crippen LogP contribution in [0.5, 0.6) is 11.5 Å². The molecule has 2 atom stereocenters. The normalized spacial score (nSPS) is 13.7. The van der Waals surface area contributed by atoms with Crippen LogP contribution in [0.4, 0.5) is 5.69 Å². The maximum atomic E-state index is 14.3. The van der Waals surface area contributed by atoms with Crippen molar-refractivity contribution < 1.29 is 27.5 Å². The molecule has 0 spiro atoms. The summed E-state index contributed by atoms with van der Waals surface area (Å²) in [6.45, 7) is 7.07. The van der Waals surface area contributed by atoms with E-state index in [0.29, 0.717) is 11.5 Å². The van der Waals surface area contributed by atoms with E-state index in [4.69, 9.17) is 9.47 Å². The molecule has 1 aliphatic heterocycles. The van der Waals surface area contributed by atoms with Gasteiger partial charge in [0.05, 0.1) is 11.4 Å². The quantitative estimate of drug-likeness (QED) is 0.314. The highest BCUT2D eigenvalue weighted by Crippen LogP contribution is 2.36. The number of nitrogens with one attached hydrogen (secondary N) is 1. The fourth-order valence-corrected chi connectivity index (χ4v) is 5.78. The molecular formula is C32H39N3O6S. The van der Waals surface area contributed by atoms with Gasteiger partial charge in [0.2, 0.25) is 28.6 Å². The van der Waals surface area contributed by atoms with E-state index >= 15 is 0 Å². The number of ether oxygens (including phenoxy) is 2. The Balaban J connectivity index is 1.76. The van der Waals surface area contributed by atoms with E-state index in [9.17, 15) is 18.0 Å². The Morgan fingerprint density at radius 1 is 0.952 bits per heavy atom. The van der Waals surface area contributed by atoms with Crippen molar-refractivity contribution in [1.29, 1.82) is 0 Å². The van der Waals surface area contributed by atoms with E-state index in [1.165, 1.54) is 11.8 Å². The average Bonchev–Trinajstić information content (AvgIpc) is 3.46. The lowest BCUT2D eigenvalue weighted by Crippen LogP contribution is -2.54. The third-order valence-electron chi connectivity index (χ3n) is 7.50. The van der Waals surface area contributed by atoms with Crippen molar-refractivity contribution in [1.82, 2.24) is 10.2 Å². The van der Waals surface area contributed by atoms with Crippen LogP contribution >= 0.6 is 0 Å². The molecule has 0 saturated heterocycles. The van der Waals surface area contributed by atoms with Gasteiger partial charge in [-0.2, -0.15) is 0 Å². The number of sulfonamides is 1. The van der Waals surface area contributed by atoms with Crippen LogP contribution in [0.2, 0.25) is 0 Å². The number of aryl methyl sites for hydroxylation is 1. The van der Waals surface area contributed by atoms with E-state index in [1.54, 1.807) is 18.2 Å². The van der Waals surface area contributed by atoms with Crippen molar-refractivity contribution in [3.63, 3.8) is 0 Å². The smallest absolute Gasteiger partial charge is 0.244 e. The Labute approximate surface area is 248 Å². The molecule has 0 fully saturated rings. The summed E-state index contributed by atoms with van der Waals surface area (Å²) in [6.07, 6.45) is 0.994. The van der Waals surface area contributed by atoms with Gasteiger partial charge >= 0.3 is 0 Å². The predicted molar refractivity (Wildman–Crippen MR) is 163 cm³/mol. The zero-order valence-corrected chi connectivity index (χ0v) is 25.4. The van der Waals surface area contributed by atoms with Gasteiger partial charge in [-0.3, -0.25) is 13.9 Å². The third kappa shape index (κ3) is 7.42. The maximum absolute atomic E-state index is 14.3. The van der Waals surface area contributed by atoms with E-state index < -0.39 is 28.5 Å². The van der Waals surface area contributed by atoms with Gasteiger partial charge in [-0.1, -0.05) is 61.5 Å². The van der Waals surface area contributed by atoms with Crippen LogP contribution in [0, 0.1) is 6.92 Å². The summed E-state index contributed by atoms with van der Waals surface area (Å²) in [4.78, 5) is 29.6. The molecule has 0 aromatic heterocycles. The molecule has 4 rings (SSSR count). The van der Waals surface area contributed by atoms with Gasteiger partial charge in [0.25, 0.3) is 0 Å². The molecular weight excluding hydrogens is 554 g/mol. The molecule has 10 heteroatoms. The first kappa shape index (κ1) is 30.9. The number of hydrogen-bond donors (Lipinski definition) is 1. The van der Waals surface area contributed by atoms with Crippen molar-refractivity contribution in [2.24, 2.45) is 0 Å². The Morgan fingerprint density at radius 2 is 1.64 bits per heavy atom. The molecule has 0 bridgehead atoms. The van der Waals surface area contributed by atoms with Gasteiger partial charge in [-0.05, 0) is 56.0 Å². The van der Waals surface area contributed by atoms with Crippen LogP contribution in [-0.4, -0.2) is 56.3 Å². The molecule has 1 heterocycles. The molecule has 0 aliphatic carbocycles. The summed E-state index contributed by atoms with van der Waals surface area (Å²) in [6, 6.07) is 21.0. The Kier molecular flexibility index (Phi) is 10.1. The molecule has 0 saturated carbocycles. The number of carbonyl (C=O) groups is 2. The maximum Gasteiger partial charge on any atom is 0.244 e. The van der Waals surface area contributed by atoms with Gasteiger partial charge in [0, 0.05) is 25.1 Å². The average molecular weight is 594 g/mol. The molecule has 9 nitrogen and oxygen atoms in total. The minimum absolute atomic E-state index is 0.0366. The fraction of sp³-hybridized carbons (Fsp3) is 0.375. The van der Waals surface area contributed by atoms with E-state index in [2.05, 4.69) is 5.32 Å². The number of rotatable bonds is 13. The van der Waals surface area contributed by atoms with Crippen LogP contribution in [0.15, 0.2) is 72.8 Å². The number of amides is 2. The molecule has 42 heavy (non-hydrogen) atoms. The van der Waals surface area contributed by atoms with E-state index in [0.717, 1.165) is 27.4 Å². The molecule has 1 aliphatic rings. The van der Waals surface area contributed by atoms with Gasteiger partial charge in [-0.15, -0.1) is 0 Å². The highest BCUT2D eigenvalue weighted by molar-refractivity contribution is 7.92. The molecule has 1 N–H and O–H groups in total. The van der Waals surface area contributed by atoms with Crippen molar-refractivity contribution in [3.05, 3.63) is 89.5 Å². The number of hydrogen-bond acceptors (Lipinski definition) is 6. The summed E-state index contributed by atoms with van der Waals surface area (Å²) in [5.41, 5.74) is 3.00. The van der Waals surface area contributed by atoms with Gasteiger partial charge < -0.3 is 19.7 Å². The summed E-state index contributed by atoms with van der Waals surface area (Å²) in [5, 5.41) is 3.05. The van der Waals surface area contributed by atoms with Gasteiger partial charge in [0.15, 0.2) is 11.5 Å². The SMILES string of the molecule is CC[C@@H](C)NC(=O)[C@@H](Cc1ccccc1)N(Cc1ccccc1C)C(=O)CN(c1ccc2c(c1)OCO2)S(=O)(=O)CC. The van der Waals surface area contributed by atoms with Crippen molar-refractivity contribution in [2.75, 3.05) is 23.4 Å². The molecule has 0 radical (unpaired) electrons. The summed E-state index contributed by atoms with van der Waals surface area (Å²) < 4.78 is 38.7. The standard InChI is InChI=1S/C32H39N3O6S/c1-5-24(4)33-32(37)28(18-25-13-8-7-9-14-25)34(20-26-15-11-10-12-23(26)3)31(36)21-35(42(38,39)6-2)27-16-17-29-30(19-27)41-22-40-29/h7-17,19,24,28H,5-6,18,20-22H2,1-4H3,(H,33,37)/t24-,28-/m1/s1. The molecule has 2 amide bonds. The number of nitrogens with zero attached hydrogens (tertiary/aromatic N) is 2. The number of anilines is 1. The molecule has 3 aromatic rings. The number of fused-ring (bicyclic) bond motifs is 1. The second-order valence-electron chi connectivity index (χ2n) is 10.4. The lowest BCUT2D eigenvalue weighted by atomic mass is 10.0. The Hall–Kier alpha value is -4.05. The second kappa shape index (κ2) is 13.7. The first-order chi connectivity index (χ1) is 20.1. The van der Waals surface area contributed by atoms with Crippen molar-refractivity contribution in [2.45, 2.75) is 59.2 Å². The summed E-state index contributed by atoms with van der Waals surface area (Å²) in [5.74, 6) is -0.0852. The van der Waals surface area contributed by atoms with E-state index in [1.807, 2.05) is 75.4 Å². The van der Waals surface area contributed by atoms with Crippen LogP contribution in [0.1, 0.15) is 43.9 Å². The first-order valence-electron chi connectivity index (χ1n) is 14.2. The minimum atomic E-state index is -3.88. The van der Waals surface area contributed by atoms with Crippen LogP contribution in [-0.2, 0) is 32.6 Å². The molecule has 3 aromatic carbocycles. The van der Waals surface area contributed by atoms with Crippen LogP contribution < -0.4 is 19.1 Å². The minimum Gasteiger partial charge on any atom is -0.454 e. The Bertz CT molecular complexity index is 1500. The summed E-state index contributed by atoms with van der Waals surface area (Å²) in [7, 11) is -3.88. The first-order valence-corrected chi connectivity index (χ1v) is 15.8. The fourth-order valence-electron chi connectivity index (χ4n) is 4.73. The number of benzene rings is 3. The zero-order valence-electron chi connectivity index (χ0n) is 24.6. The predicted octanol–water partition coefficient (Wildman–Crippen LogP) is 4.43. The second-order valence-corrected chi connectivity index (χ2v) is 12.6. The highest BCUT2D eigenvalue weighted by Gasteiger charge is 2.34. The largest absolute Gasteiger partial charge is 0.454 e. The Morgan fingerprint density at radius 3 is 2.33 bits per heavy atom. The van der Waals surface area contributed by atoms with Gasteiger partial charge in [0.1, 0.15) is 12.6 Å². The topological polar surface area (TPSA) is 105 Å². The summed E-state index contributed by atoms with van der Waals surface area (Å²) >= 11 is 0. The monoisotopic (exact) mass is 593 g/mol. The molecule has 0 unspecified atom stereocenters. The van der Waals surface area contributed by atoms with Gasteiger partial charge in [-0.25, -0.2) is 8.42 Å². The van der Waals surface area contributed by atoms with Crippen LogP contribution in [0.3, 0.4) is 0 Å². The lowest BCUT2D eigenvalue weighted by Gasteiger charge is -2.34. The third-order valence-corrected chi connectivity index (χ3v) is 9.24. The molecule has 224 valence electrons. The number of carbonyl (C=O) groups excluding carboxylic acids is 2. The van der Waals surface area contributed by atoms with E-state index in [-0.39, 0.29) is 43.1 Å². The van der Waals surface area contributed by atoms with Crippen molar-refractivity contribution >= 4 is 27.5 Å². The zero-order chi connectivity index (χ0) is 30.3. The van der Waals surface area contributed by atoms with Crippen LogP contribution in [0.25, 0.3) is 0 Å². The van der Waals surface area contributed by atoms with Crippen molar-refractivity contribution in [3.8, 4) is 11.5 Å². The lowest BCUT2D eigenvalue weighted by molar-refractivity contribution is -0.140. The highest BCUT2D eigenvalue weighted by atomic mass is 32.2.